The van der Waals surface area contributed by atoms with Crippen LogP contribution in [0.15, 0.2) is 66.7 Å². The fourth-order valence-electron chi connectivity index (χ4n) is 3.74. The number of rotatable bonds is 5. The Morgan fingerprint density at radius 2 is 1.67 bits per heavy atom. The van der Waals surface area contributed by atoms with Gasteiger partial charge in [-0.1, -0.05) is 29.8 Å². The third-order valence-corrected chi connectivity index (χ3v) is 5.61. The molecule has 0 aliphatic carbocycles. The van der Waals surface area contributed by atoms with Crippen molar-refractivity contribution in [1.29, 1.82) is 0 Å². The Bertz CT molecular complexity index is 1220. The monoisotopic (exact) mass is 445 g/mol. The molecular weight excluding hydrogens is 421 g/mol. The number of carbonyl (C=O) groups excluding carboxylic acids is 3. The lowest BCUT2D eigenvalue weighted by molar-refractivity contribution is -0.122. The first-order valence-corrected chi connectivity index (χ1v) is 10.7. The van der Waals surface area contributed by atoms with Gasteiger partial charge in [0.15, 0.2) is 0 Å². The Labute approximate surface area is 191 Å². The van der Waals surface area contributed by atoms with E-state index in [0.717, 1.165) is 11.1 Å². The van der Waals surface area contributed by atoms with E-state index >= 15 is 0 Å². The summed E-state index contributed by atoms with van der Waals surface area (Å²) in [5, 5.41) is 5.41. The highest BCUT2D eigenvalue weighted by Crippen LogP contribution is 2.27. The summed E-state index contributed by atoms with van der Waals surface area (Å²) in [6.07, 6.45) is 0.0130. The zero-order chi connectivity index (χ0) is 23.5. The van der Waals surface area contributed by atoms with Gasteiger partial charge in [-0.2, -0.15) is 0 Å². The molecular formula is C26H24FN3O3. The molecule has 7 heteroatoms. The lowest BCUT2D eigenvalue weighted by Crippen LogP contribution is -2.28. The molecule has 1 atom stereocenters. The zero-order valence-electron chi connectivity index (χ0n) is 18.4. The zero-order valence-corrected chi connectivity index (χ0v) is 18.4. The third kappa shape index (κ3) is 5.09. The van der Waals surface area contributed by atoms with Crippen molar-refractivity contribution >= 4 is 34.8 Å². The Morgan fingerprint density at radius 1 is 0.939 bits per heavy atom. The second-order valence-electron chi connectivity index (χ2n) is 8.25. The molecule has 168 valence electrons. The number of nitrogens with one attached hydrogen (secondary N) is 2. The highest BCUT2D eigenvalue weighted by Gasteiger charge is 2.35. The van der Waals surface area contributed by atoms with Gasteiger partial charge in [-0.25, -0.2) is 4.39 Å². The number of benzene rings is 3. The quantitative estimate of drug-likeness (QED) is 0.598. The van der Waals surface area contributed by atoms with Gasteiger partial charge < -0.3 is 15.5 Å². The van der Waals surface area contributed by atoms with Gasteiger partial charge in [0, 0.05) is 29.9 Å². The van der Waals surface area contributed by atoms with Crippen molar-refractivity contribution in [3.8, 4) is 0 Å². The molecule has 3 amide bonds. The molecule has 33 heavy (non-hydrogen) atoms. The molecule has 1 heterocycles. The van der Waals surface area contributed by atoms with E-state index in [9.17, 15) is 18.8 Å². The predicted molar refractivity (Wildman–Crippen MR) is 126 cm³/mol. The molecule has 3 aromatic rings. The standard InChI is InChI=1S/C26H24FN3O3/c1-16-6-9-20(10-7-16)28-25(32)18-4-3-5-21(13-18)30-15-19(14-24(30)31)26(33)29-23-11-8-17(2)12-22(23)27/h3-13,19H,14-15H2,1-2H3,(H,28,32)(H,29,33)/t19-/m1/s1. The lowest BCUT2D eigenvalue weighted by atomic mass is 10.1. The maximum atomic E-state index is 14.1. The number of carbonyl (C=O) groups is 3. The fourth-order valence-corrected chi connectivity index (χ4v) is 3.74. The minimum absolute atomic E-state index is 0.0130. The van der Waals surface area contributed by atoms with E-state index in [-0.39, 0.29) is 30.5 Å². The van der Waals surface area contributed by atoms with E-state index in [2.05, 4.69) is 10.6 Å². The third-order valence-electron chi connectivity index (χ3n) is 5.61. The van der Waals surface area contributed by atoms with Crippen molar-refractivity contribution in [3.63, 3.8) is 0 Å². The average Bonchev–Trinajstić information content (AvgIpc) is 3.19. The smallest absolute Gasteiger partial charge is 0.255 e. The molecule has 0 spiro atoms. The summed E-state index contributed by atoms with van der Waals surface area (Å²) in [5.74, 6) is -2.07. The number of amides is 3. The SMILES string of the molecule is Cc1ccc(NC(=O)c2cccc(N3C[C@H](C(=O)Nc4ccc(C)cc4F)CC3=O)c2)cc1. The largest absolute Gasteiger partial charge is 0.323 e. The summed E-state index contributed by atoms with van der Waals surface area (Å²) in [5.41, 5.74) is 3.54. The van der Waals surface area contributed by atoms with Crippen molar-refractivity contribution in [3.05, 3.63) is 89.2 Å². The van der Waals surface area contributed by atoms with Gasteiger partial charge in [0.2, 0.25) is 11.8 Å². The van der Waals surface area contributed by atoms with Crippen molar-refractivity contribution in [2.24, 2.45) is 5.92 Å². The Kier molecular flexibility index (Phi) is 6.22. The lowest BCUT2D eigenvalue weighted by Gasteiger charge is -2.18. The molecule has 1 aliphatic rings. The Balaban J connectivity index is 1.44. The first kappa shape index (κ1) is 22.2. The Hall–Kier alpha value is -4.00. The van der Waals surface area contributed by atoms with Gasteiger partial charge in [-0.3, -0.25) is 14.4 Å². The van der Waals surface area contributed by atoms with E-state index in [4.69, 9.17) is 0 Å². The first-order valence-electron chi connectivity index (χ1n) is 10.7. The molecule has 0 bridgehead atoms. The number of hydrogen-bond acceptors (Lipinski definition) is 3. The van der Waals surface area contributed by atoms with Crippen LogP contribution in [0.5, 0.6) is 0 Å². The van der Waals surface area contributed by atoms with Crippen molar-refractivity contribution in [1.82, 2.24) is 0 Å². The number of aryl methyl sites for hydroxylation is 2. The van der Waals surface area contributed by atoms with Crippen LogP contribution in [0, 0.1) is 25.6 Å². The van der Waals surface area contributed by atoms with Crippen LogP contribution < -0.4 is 15.5 Å². The summed E-state index contributed by atoms with van der Waals surface area (Å²) >= 11 is 0. The molecule has 2 N–H and O–H groups in total. The van der Waals surface area contributed by atoms with Gasteiger partial charge >= 0.3 is 0 Å². The molecule has 1 fully saturated rings. The number of nitrogens with zero attached hydrogens (tertiary/aromatic N) is 1. The number of anilines is 3. The molecule has 1 aliphatic heterocycles. The second kappa shape index (κ2) is 9.24. The summed E-state index contributed by atoms with van der Waals surface area (Å²) < 4.78 is 14.1. The van der Waals surface area contributed by atoms with Gasteiger partial charge in [0.05, 0.1) is 11.6 Å². The molecule has 0 aromatic heterocycles. The number of hydrogen-bond donors (Lipinski definition) is 2. The normalized spacial score (nSPS) is 15.4. The molecule has 4 rings (SSSR count). The molecule has 6 nitrogen and oxygen atoms in total. The minimum Gasteiger partial charge on any atom is -0.323 e. The van der Waals surface area contributed by atoms with E-state index in [0.29, 0.717) is 16.9 Å². The van der Waals surface area contributed by atoms with Crippen LogP contribution in [0.25, 0.3) is 0 Å². The summed E-state index contributed by atoms with van der Waals surface area (Å²) in [6, 6.07) is 18.7. The van der Waals surface area contributed by atoms with Crippen molar-refractivity contribution < 1.29 is 18.8 Å². The van der Waals surface area contributed by atoms with Crippen LogP contribution in [0.1, 0.15) is 27.9 Å². The minimum atomic E-state index is -0.622. The van der Waals surface area contributed by atoms with E-state index in [1.54, 1.807) is 37.3 Å². The second-order valence-corrected chi connectivity index (χ2v) is 8.25. The average molecular weight is 445 g/mol. The maximum absolute atomic E-state index is 14.1. The van der Waals surface area contributed by atoms with Crippen LogP contribution >= 0.6 is 0 Å². The maximum Gasteiger partial charge on any atom is 0.255 e. The van der Waals surface area contributed by atoms with Crippen LogP contribution in [0.3, 0.4) is 0 Å². The van der Waals surface area contributed by atoms with Crippen LogP contribution in [-0.2, 0) is 9.59 Å². The summed E-state index contributed by atoms with van der Waals surface area (Å²) in [4.78, 5) is 39.4. The topological polar surface area (TPSA) is 78.5 Å². The molecule has 3 aromatic carbocycles. The van der Waals surface area contributed by atoms with Crippen LogP contribution in [0.4, 0.5) is 21.5 Å². The number of halogens is 1. The highest BCUT2D eigenvalue weighted by molar-refractivity contribution is 6.07. The summed E-state index contributed by atoms with van der Waals surface area (Å²) in [6.45, 7) is 3.88. The van der Waals surface area contributed by atoms with Crippen LogP contribution in [0.2, 0.25) is 0 Å². The fraction of sp³-hybridized carbons (Fsp3) is 0.192. The molecule has 0 unspecified atom stereocenters. The summed E-state index contributed by atoms with van der Waals surface area (Å²) in [7, 11) is 0. The predicted octanol–water partition coefficient (Wildman–Crippen LogP) is 4.69. The molecule has 1 saturated heterocycles. The van der Waals surface area contributed by atoms with Gasteiger partial charge in [-0.15, -0.1) is 0 Å². The molecule has 0 radical (unpaired) electrons. The Morgan fingerprint density at radius 3 is 2.39 bits per heavy atom. The highest BCUT2D eigenvalue weighted by atomic mass is 19.1. The van der Waals surface area contributed by atoms with Crippen molar-refractivity contribution in [2.45, 2.75) is 20.3 Å². The van der Waals surface area contributed by atoms with E-state index < -0.39 is 17.6 Å². The van der Waals surface area contributed by atoms with E-state index in [1.165, 1.54) is 17.0 Å². The first-order chi connectivity index (χ1) is 15.8. The van der Waals surface area contributed by atoms with E-state index in [1.807, 2.05) is 31.2 Å². The van der Waals surface area contributed by atoms with Crippen molar-refractivity contribution in [2.75, 3.05) is 22.1 Å². The van der Waals surface area contributed by atoms with Gasteiger partial charge in [0.25, 0.3) is 5.91 Å². The molecule has 0 saturated carbocycles. The van der Waals surface area contributed by atoms with Gasteiger partial charge in [0.1, 0.15) is 5.82 Å². The van der Waals surface area contributed by atoms with Gasteiger partial charge in [-0.05, 0) is 61.9 Å². The van der Waals surface area contributed by atoms with Crippen LogP contribution in [-0.4, -0.2) is 24.3 Å².